The summed E-state index contributed by atoms with van der Waals surface area (Å²) < 4.78 is 22.6. The van der Waals surface area contributed by atoms with Crippen molar-refractivity contribution in [2.75, 3.05) is 0 Å². The monoisotopic (exact) mass is 252 g/mol. The second-order valence-electron chi connectivity index (χ2n) is 2.76. The third-order valence-electron chi connectivity index (χ3n) is 1.92. The van der Waals surface area contributed by atoms with E-state index in [0.29, 0.717) is 10.00 Å². The van der Waals surface area contributed by atoms with E-state index in [9.17, 15) is 13.2 Å². The van der Waals surface area contributed by atoms with E-state index < -0.39 is 21.2 Å². The third-order valence-corrected chi connectivity index (χ3v) is 3.90. The highest BCUT2D eigenvalue weighted by Gasteiger charge is 2.45. The zero-order chi connectivity index (χ0) is 10.3. The first-order chi connectivity index (χ1) is 6.50. The number of amides is 1. The minimum atomic E-state index is -3.97. The lowest BCUT2D eigenvalue weighted by Crippen LogP contribution is -2.48. The minimum absolute atomic E-state index is 0.148. The Labute approximate surface area is 88.9 Å². The third kappa shape index (κ3) is 1.51. The van der Waals surface area contributed by atoms with E-state index >= 15 is 0 Å². The molecule has 5 nitrogen and oxygen atoms in total. The van der Waals surface area contributed by atoms with E-state index in [1.165, 1.54) is 11.3 Å². The lowest BCUT2D eigenvalue weighted by atomic mass is 10.0. The number of carbonyl (C=O) groups excluding carboxylic acids is 1. The van der Waals surface area contributed by atoms with Gasteiger partial charge in [0.05, 0.1) is 17.6 Å². The molecule has 2 rings (SSSR count). The number of halogens is 1. The van der Waals surface area contributed by atoms with E-state index in [-0.39, 0.29) is 6.42 Å². The SMILES string of the molecule is O=C1CC(c2cscn2)N1S(=O)(=O)Cl. The summed E-state index contributed by atoms with van der Waals surface area (Å²) in [4.78, 5) is 15.0. The van der Waals surface area contributed by atoms with E-state index in [1.54, 1.807) is 10.9 Å². The van der Waals surface area contributed by atoms with Gasteiger partial charge in [0.2, 0.25) is 5.91 Å². The molecule has 76 valence electrons. The summed E-state index contributed by atoms with van der Waals surface area (Å²) in [5.74, 6) is -0.488. The predicted molar refractivity (Wildman–Crippen MR) is 51.1 cm³/mol. The second-order valence-corrected chi connectivity index (χ2v) is 5.87. The average molecular weight is 253 g/mol. The maximum atomic E-state index is 11.0. The molecule has 0 spiro atoms. The Kier molecular flexibility index (Phi) is 2.24. The molecule has 0 aromatic carbocycles. The van der Waals surface area contributed by atoms with Crippen LogP contribution in [0.25, 0.3) is 0 Å². The van der Waals surface area contributed by atoms with Crippen LogP contribution in [0.3, 0.4) is 0 Å². The van der Waals surface area contributed by atoms with Crippen molar-refractivity contribution in [3.63, 3.8) is 0 Å². The van der Waals surface area contributed by atoms with Crippen molar-refractivity contribution < 1.29 is 13.2 Å². The van der Waals surface area contributed by atoms with Crippen molar-refractivity contribution in [3.05, 3.63) is 16.6 Å². The number of carbonyl (C=O) groups is 1. The van der Waals surface area contributed by atoms with Gasteiger partial charge in [-0.2, -0.15) is 8.42 Å². The molecule has 0 aliphatic carbocycles. The fourth-order valence-corrected chi connectivity index (χ4v) is 3.21. The Balaban J connectivity index is 2.30. The molecular formula is C6H5ClN2O3S2. The van der Waals surface area contributed by atoms with Crippen molar-refractivity contribution in [1.82, 2.24) is 9.29 Å². The molecular weight excluding hydrogens is 248 g/mol. The van der Waals surface area contributed by atoms with Crippen LogP contribution in [-0.4, -0.2) is 23.6 Å². The van der Waals surface area contributed by atoms with Gasteiger partial charge in [0.1, 0.15) is 6.04 Å². The normalized spacial score (nSPS) is 22.2. The summed E-state index contributed by atoms with van der Waals surface area (Å²) in [6.45, 7) is 0. The largest absolute Gasteiger partial charge is 0.324 e. The number of hydrogen-bond acceptors (Lipinski definition) is 5. The van der Waals surface area contributed by atoms with Gasteiger partial charge in [0.15, 0.2) is 0 Å². The summed E-state index contributed by atoms with van der Waals surface area (Å²) in [6, 6.07) is -0.517. The molecule has 1 fully saturated rings. The maximum absolute atomic E-state index is 11.0. The first-order valence-electron chi connectivity index (χ1n) is 3.65. The van der Waals surface area contributed by atoms with Crippen LogP contribution in [-0.2, 0) is 14.0 Å². The van der Waals surface area contributed by atoms with E-state index in [1.807, 2.05) is 0 Å². The summed E-state index contributed by atoms with van der Waals surface area (Å²) in [5.41, 5.74) is 2.15. The molecule has 1 unspecified atom stereocenters. The van der Waals surface area contributed by atoms with Crippen LogP contribution >= 0.6 is 22.0 Å². The van der Waals surface area contributed by atoms with Gasteiger partial charge in [-0.05, 0) is 0 Å². The fourth-order valence-electron chi connectivity index (χ4n) is 1.28. The van der Waals surface area contributed by atoms with Crippen molar-refractivity contribution in [2.24, 2.45) is 0 Å². The second kappa shape index (κ2) is 3.18. The van der Waals surface area contributed by atoms with Gasteiger partial charge in [-0.3, -0.25) is 4.79 Å². The van der Waals surface area contributed by atoms with Crippen molar-refractivity contribution in [2.45, 2.75) is 12.5 Å². The average Bonchev–Trinajstić information content (AvgIpc) is 2.47. The Morgan fingerprint density at radius 2 is 2.36 bits per heavy atom. The van der Waals surface area contributed by atoms with Gasteiger partial charge in [-0.1, -0.05) is 0 Å². The number of aromatic nitrogens is 1. The van der Waals surface area contributed by atoms with Crippen LogP contribution in [0.4, 0.5) is 0 Å². The fraction of sp³-hybridized carbons (Fsp3) is 0.333. The van der Waals surface area contributed by atoms with Crippen molar-refractivity contribution in [1.29, 1.82) is 0 Å². The Morgan fingerprint density at radius 3 is 2.79 bits per heavy atom. The highest BCUT2D eigenvalue weighted by molar-refractivity contribution is 8.12. The van der Waals surface area contributed by atoms with E-state index in [2.05, 4.69) is 4.98 Å². The summed E-state index contributed by atoms with van der Waals surface area (Å²) in [5, 5.41) is 1.70. The zero-order valence-corrected chi connectivity index (χ0v) is 9.14. The lowest BCUT2D eigenvalue weighted by molar-refractivity contribution is -0.137. The van der Waals surface area contributed by atoms with Gasteiger partial charge < -0.3 is 0 Å². The molecule has 14 heavy (non-hydrogen) atoms. The van der Waals surface area contributed by atoms with Crippen LogP contribution in [0.2, 0.25) is 0 Å². The molecule has 1 aromatic rings. The molecule has 8 heteroatoms. The number of rotatable bonds is 2. The van der Waals surface area contributed by atoms with Crippen LogP contribution in [0, 0.1) is 0 Å². The molecule has 0 bridgehead atoms. The molecule has 1 aliphatic rings. The Bertz CT molecular complexity index is 455. The van der Waals surface area contributed by atoms with Crippen LogP contribution in [0.1, 0.15) is 18.2 Å². The molecule has 1 aliphatic heterocycles. The highest BCUT2D eigenvalue weighted by atomic mass is 35.7. The highest BCUT2D eigenvalue weighted by Crippen LogP contribution is 2.37. The van der Waals surface area contributed by atoms with Crippen LogP contribution in [0.5, 0.6) is 0 Å². The van der Waals surface area contributed by atoms with Crippen molar-refractivity contribution in [3.8, 4) is 0 Å². The number of thiazole rings is 1. The maximum Gasteiger partial charge on any atom is 0.324 e. The standard InChI is InChI=1S/C6H5ClN2O3S2/c7-14(11,12)9-5(1-6(9)10)4-2-13-3-8-4/h2-3,5H,1H2. The number of β-lactam (4-membered cyclic amide) rings is 1. The van der Waals surface area contributed by atoms with Gasteiger partial charge in [0, 0.05) is 16.1 Å². The molecule has 0 radical (unpaired) electrons. The smallest absolute Gasteiger partial charge is 0.274 e. The van der Waals surface area contributed by atoms with E-state index in [0.717, 1.165) is 0 Å². The summed E-state index contributed by atoms with van der Waals surface area (Å²) in [7, 11) is 1.12. The minimum Gasteiger partial charge on any atom is -0.274 e. The first-order valence-corrected chi connectivity index (χ1v) is 6.86. The predicted octanol–water partition coefficient (Wildman–Crippen LogP) is 0.900. The van der Waals surface area contributed by atoms with Crippen LogP contribution in [0.15, 0.2) is 10.9 Å². The Hall–Kier alpha value is -0.660. The van der Waals surface area contributed by atoms with Crippen LogP contribution < -0.4 is 0 Å². The molecule has 0 N–H and O–H groups in total. The molecule has 1 aromatic heterocycles. The molecule has 1 saturated heterocycles. The quantitative estimate of drug-likeness (QED) is 0.579. The summed E-state index contributed by atoms with van der Waals surface area (Å²) >= 11 is 1.34. The number of nitrogens with zero attached hydrogens (tertiary/aromatic N) is 2. The van der Waals surface area contributed by atoms with Gasteiger partial charge in [0.25, 0.3) is 0 Å². The summed E-state index contributed by atoms with van der Waals surface area (Å²) in [6.07, 6.45) is 0.148. The molecule has 1 amide bonds. The first kappa shape index (κ1) is 9.88. The molecule has 1 atom stereocenters. The molecule has 2 heterocycles. The van der Waals surface area contributed by atoms with Gasteiger partial charge in [-0.25, -0.2) is 9.29 Å². The van der Waals surface area contributed by atoms with Crippen molar-refractivity contribution >= 4 is 37.2 Å². The molecule has 0 saturated carbocycles. The topological polar surface area (TPSA) is 67.3 Å². The van der Waals surface area contributed by atoms with E-state index in [4.69, 9.17) is 10.7 Å². The lowest BCUT2D eigenvalue weighted by Gasteiger charge is -2.35. The number of hydrogen-bond donors (Lipinski definition) is 0. The Morgan fingerprint density at radius 1 is 1.64 bits per heavy atom. The van der Waals surface area contributed by atoms with Gasteiger partial charge in [-0.15, -0.1) is 11.3 Å². The van der Waals surface area contributed by atoms with Gasteiger partial charge >= 0.3 is 9.24 Å². The zero-order valence-electron chi connectivity index (χ0n) is 6.75.